The maximum absolute atomic E-state index is 2.39. The van der Waals surface area contributed by atoms with E-state index in [1.807, 2.05) is 0 Å². The molecule has 0 atom stereocenters. The van der Waals surface area contributed by atoms with Crippen molar-refractivity contribution in [3.8, 4) is 44.5 Å². The zero-order chi connectivity index (χ0) is 40.0. The maximum atomic E-state index is 2.39. The van der Waals surface area contributed by atoms with E-state index >= 15 is 0 Å². The fourth-order valence-corrected chi connectivity index (χ4v) is 13.2. The van der Waals surface area contributed by atoms with Crippen LogP contribution in [0.25, 0.3) is 128 Å². The molecule has 0 unspecified atom stereocenters. The molecule has 12 aromatic carbocycles. The van der Waals surface area contributed by atoms with Gasteiger partial charge in [0.25, 0.3) is 0 Å². The van der Waals surface area contributed by atoms with E-state index in [1.165, 1.54) is 128 Å². The molecular formula is C60H36Se. The van der Waals surface area contributed by atoms with E-state index in [4.69, 9.17) is 0 Å². The van der Waals surface area contributed by atoms with Crippen molar-refractivity contribution in [3.05, 3.63) is 218 Å². The van der Waals surface area contributed by atoms with Crippen LogP contribution in [0.15, 0.2) is 218 Å². The SMILES string of the molecule is c1ccc2c(-c3c4ccccc4c(-c4cccc5c4[se]c4cccc(-c6c7ccccc7c(-c7cccc8ccccc78)c7ccccc67)c45)c4ccccc34)cccc2c1. The Bertz CT molecular complexity index is 3820. The molecule has 0 saturated heterocycles. The van der Waals surface area contributed by atoms with E-state index in [0.717, 1.165) is 0 Å². The van der Waals surface area contributed by atoms with Crippen molar-refractivity contribution in [3.63, 3.8) is 0 Å². The summed E-state index contributed by atoms with van der Waals surface area (Å²) < 4.78 is 2.91. The third-order valence-corrected chi connectivity index (χ3v) is 15.6. The van der Waals surface area contributed by atoms with Gasteiger partial charge in [-0.25, -0.2) is 0 Å². The Morgan fingerprint density at radius 1 is 0.213 bits per heavy atom. The van der Waals surface area contributed by atoms with Crippen molar-refractivity contribution >= 4 is 98.4 Å². The van der Waals surface area contributed by atoms with Crippen LogP contribution in [0.4, 0.5) is 0 Å². The molecule has 0 radical (unpaired) electrons. The standard InChI is InChI=1S/C60H36Se/c1-3-21-39-37(17-1)19-13-31-41(39)55-43-23-5-9-27-47(43)57(48-28-10-6-24-44(48)55)51-33-16-36-54-59(51)53-35-15-34-52(60(53)61-54)58-49-29-11-7-25-45(49)56(46-26-8-12-30-50(46)58)42-32-14-20-38-18-2-4-22-40(38)42/h1-36H. The van der Waals surface area contributed by atoms with Crippen LogP contribution in [0.5, 0.6) is 0 Å². The Balaban J connectivity index is 1.11. The van der Waals surface area contributed by atoms with Gasteiger partial charge in [-0.1, -0.05) is 0 Å². The summed E-state index contributed by atoms with van der Waals surface area (Å²) in [7, 11) is 0. The Labute approximate surface area is 359 Å². The molecule has 0 aliphatic rings. The van der Waals surface area contributed by atoms with E-state index in [-0.39, 0.29) is 14.5 Å². The van der Waals surface area contributed by atoms with Crippen molar-refractivity contribution in [1.82, 2.24) is 0 Å². The van der Waals surface area contributed by atoms with Gasteiger partial charge in [-0.05, 0) is 0 Å². The molecule has 0 amide bonds. The predicted molar refractivity (Wildman–Crippen MR) is 265 cm³/mol. The summed E-state index contributed by atoms with van der Waals surface area (Å²) in [5.41, 5.74) is 10.5. The average Bonchev–Trinajstić information content (AvgIpc) is 3.72. The van der Waals surface area contributed by atoms with Crippen LogP contribution in [-0.2, 0) is 0 Å². The van der Waals surface area contributed by atoms with Gasteiger partial charge in [0.05, 0.1) is 0 Å². The van der Waals surface area contributed by atoms with Gasteiger partial charge in [-0.2, -0.15) is 0 Å². The van der Waals surface area contributed by atoms with E-state index in [9.17, 15) is 0 Å². The second kappa shape index (κ2) is 13.6. The molecule has 0 saturated carbocycles. The van der Waals surface area contributed by atoms with Crippen molar-refractivity contribution in [2.75, 3.05) is 0 Å². The zero-order valence-electron chi connectivity index (χ0n) is 33.2. The quantitative estimate of drug-likeness (QED) is 0.122. The van der Waals surface area contributed by atoms with E-state index < -0.39 is 0 Å². The molecular weight excluding hydrogens is 800 g/mol. The first-order valence-corrected chi connectivity index (χ1v) is 22.8. The van der Waals surface area contributed by atoms with Crippen LogP contribution in [0.1, 0.15) is 0 Å². The topological polar surface area (TPSA) is 0 Å². The molecule has 1 aromatic heterocycles. The molecule has 13 rings (SSSR count). The number of rotatable bonds is 4. The first-order valence-electron chi connectivity index (χ1n) is 21.1. The molecule has 61 heavy (non-hydrogen) atoms. The fourth-order valence-electron chi connectivity index (χ4n) is 10.6. The first-order chi connectivity index (χ1) is 30.3. The second-order valence-electron chi connectivity index (χ2n) is 16.2. The van der Waals surface area contributed by atoms with E-state index in [1.54, 1.807) is 0 Å². The van der Waals surface area contributed by atoms with E-state index in [2.05, 4.69) is 218 Å². The summed E-state index contributed by atoms with van der Waals surface area (Å²) in [6, 6.07) is 81.6. The number of fused-ring (bicyclic) bond motifs is 9. The molecule has 13 aromatic rings. The summed E-state index contributed by atoms with van der Waals surface area (Å²) >= 11 is 0.0995. The number of hydrogen-bond donors (Lipinski definition) is 0. The van der Waals surface area contributed by atoms with Gasteiger partial charge in [0.1, 0.15) is 0 Å². The predicted octanol–water partition coefficient (Wildman–Crippen LogP) is 16.6. The summed E-state index contributed by atoms with van der Waals surface area (Å²) in [6.45, 7) is 0. The van der Waals surface area contributed by atoms with Crippen LogP contribution >= 0.6 is 0 Å². The van der Waals surface area contributed by atoms with Crippen molar-refractivity contribution in [2.45, 2.75) is 0 Å². The molecule has 1 heteroatoms. The number of benzene rings is 12. The van der Waals surface area contributed by atoms with Gasteiger partial charge in [-0.15, -0.1) is 0 Å². The average molecular weight is 836 g/mol. The molecule has 1 heterocycles. The first kappa shape index (κ1) is 34.6. The number of hydrogen-bond acceptors (Lipinski definition) is 0. The normalized spacial score (nSPS) is 11.9. The minimum absolute atomic E-state index is 0.0995. The molecule has 0 fully saturated rings. The van der Waals surface area contributed by atoms with Gasteiger partial charge >= 0.3 is 361 Å². The third kappa shape index (κ3) is 5.12. The Kier molecular flexibility index (Phi) is 7.72. The third-order valence-electron chi connectivity index (χ3n) is 13.0. The molecule has 0 aliphatic carbocycles. The van der Waals surface area contributed by atoms with E-state index in [0.29, 0.717) is 0 Å². The van der Waals surface area contributed by atoms with Gasteiger partial charge in [0.2, 0.25) is 0 Å². The molecule has 0 aliphatic heterocycles. The van der Waals surface area contributed by atoms with Crippen LogP contribution in [0.2, 0.25) is 0 Å². The van der Waals surface area contributed by atoms with Crippen LogP contribution in [0.3, 0.4) is 0 Å². The van der Waals surface area contributed by atoms with Crippen molar-refractivity contribution in [1.29, 1.82) is 0 Å². The summed E-state index contributed by atoms with van der Waals surface area (Å²) in [5.74, 6) is 0. The van der Waals surface area contributed by atoms with Gasteiger partial charge in [-0.3, -0.25) is 0 Å². The molecule has 0 bridgehead atoms. The molecule has 0 spiro atoms. The summed E-state index contributed by atoms with van der Waals surface area (Å²) in [6.07, 6.45) is 0. The van der Waals surface area contributed by atoms with Gasteiger partial charge in [0.15, 0.2) is 0 Å². The monoisotopic (exact) mass is 836 g/mol. The molecule has 0 N–H and O–H groups in total. The Morgan fingerprint density at radius 2 is 0.508 bits per heavy atom. The van der Waals surface area contributed by atoms with Crippen molar-refractivity contribution in [2.24, 2.45) is 0 Å². The second-order valence-corrected chi connectivity index (χ2v) is 18.4. The minimum atomic E-state index is 0.0995. The van der Waals surface area contributed by atoms with Crippen LogP contribution in [0, 0.1) is 0 Å². The van der Waals surface area contributed by atoms with Crippen LogP contribution < -0.4 is 0 Å². The van der Waals surface area contributed by atoms with Crippen molar-refractivity contribution < 1.29 is 0 Å². The fraction of sp³-hybridized carbons (Fsp3) is 0. The molecule has 0 nitrogen and oxygen atoms in total. The zero-order valence-corrected chi connectivity index (χ0v) is 34.9. The Hall–Kier alpha value is -7.28. The molecule has 282 valence electrons. The Morgan fingerprint density at radius 3 is 0.967 bits per heavy atom. The van der Waals surface area contributed by atoms with Gasteiger partial charge < -0.3 is 0 Å². The van der Waals surface area contributed by atoms with Gasteiger partial charge in [0, 0.05) is 0 Å². The van der Waals surface area contributed by atoms with Crippen LogP contribution in [-0.4, -0.2) is 14.5 Å². The summed E-state index contributed by atoms with van der Waals surface area (Å²) in [5, 5.41) is 18.1. The summed E-state index contributed by atoms with van der Waals surface area (Å²) in [4.78, 5) is 0.